The number of hydrogen-bond donors (Lipinski definition) is 0. The largest absolute Gasteiger partial charge is 0.497 e. The van der Waals surface area contributed by atoms with E-state index in [9.17, 15) is 4.79 Å². The van der Waals surface area contributed by atoms with E-state index in [-0.39, 0.29) is 5.92 Å². The van der Waals surface area contributed by atoms with Crippen molar-refractivity contribution in [1.29, 1.82) is 0 Å². The number of rotatable bonds is 4. The Balaban J connectivity index is 1.51. The highest BCUT2D eigenvalue weighted by Crippen LogP contribution is 2.26. The Kier molecular flexibility index (Phi) is 6.41. The van der Waals surface area contributed by atoms with Crippen LogP contribution in [0.5, 0.6) is 5.75 Å². The third kappa shape index (κ3) is 4.50. The molecule has 0 saturated carbocycles. The van der Waals surface area contributed by atoms with Crippen molar-refractivity contribution in [3.63, 3.8) is 0 Å². The molecule has 2 saturated heterocycles. The molecule has 0 bridgehead atoms. The highest BCUT2D eigenvalue weighted by atomic mass is 16.5. The molecular weight excluding hydrogens is 326 g/mol. The van der Waals surface area contributed by atoms with Crippen molar-refractivity contribution < 1.29 is 9.53 Å². The topological polar surface area (TPSA) is 36.0 Å². The number of piperidine rings is 1. The standard InChI is InChI=1S/C21H33N3O2/c1-17(2)22-11-4-12-24(16-15-22)21(25)18-9-13-23(14-10-18)19-5-7-20(26-3)8-6-19/h5-8,17-18H,4,9-16H2,1-3H3. The minimum Gasteiger partial charge on any atom is -0.497 e. The van der Waals surface area contributed by atoms with Gasteiger partial charge in [0.2, 0.25) is 5.91 Å². The molecule has 5 heteroatoms. The molecule has 144 valence electrons. The van der Waals surface area contributed by atoms with Crippen LogP contribution in [0.3, 0.4) is 0 Å². The maximum Gasteiger partial charge on any atom is 0.225 e. The van der Waals surface area contributed by atoms with Gasteiger partial charge in [-0.1, -0.05) is 0 Å². The van der Waals surface area contributed by atoms with E-state index in [0.717, 1.165) is 64.3 Å². The molecule has 0 radical (unpaired) electrons. The van der Waals surface area contributed by atoms with Crippen LogP contribution >= 0.6 is 0 Å². The molecule has 0 aliphatic carbocycles. The Bertz CT molecular complexity index is 579. The number of carbonyl (C=O) groups is 1. The summed E-state index contributed by atoms with van der Waals surface area (Å²) in [7, 11) is 1.69. The van der Waals surface area contributed by atoms with Gasteiger partial charge in [-0.15, -0.1) is 0 Å². The average molecular weight is 360 g/mol. The summed E-state index contributed by atoms with van der Waals surface area (Å²) in [6.45, 7) is 10.3. The van der Waals surface area contributed by atoms with E-state index in [2.05, 4.69) is 40.7 Å². The molecule has 1 aromatic rings. The minimum absolute atomic E-state index is 0.190. The summed E-state index contributed by atoms with van der Waals surface area (Å²) in [4.78, 5) is 20.0. The molecule has 5 nitrogen and oxygen atoms in total. The first-order valence-electron chi connectivity index (χ1n) is 10.0. The third-order valence-electron chi connectivity index (χ3n) is 5.85. The van der Waals surface area contributed by atoms with Crippen LogP contribution in [-0.2, 0) is 4.79 Å². The summed E-state index contributed by atoms with van der Waals surface area (Å²) >= 11 is 0. The van der Waals surface area contributed by atoms with Crippen molar-refractivity contribution in [2.24, 2.45) is 5.92 Å². The second kappa shape index (κ2) is 8.76. The minimum atomic E-state index is 0.190. The quantitative estimate of drug-likeness (QED) is 0.828. The SMILES string of the molecule is COc1ccc(N2CCC(C(=O)N3CCCN(C(C)C)CC3)CC2)cc1. The third-order valence-corrected chi connectivity index (χ3v) is 5.85. The van der Waals surface area contributed by atoms with Crippen molar-refractivity contribution in [3.05, 3.63) is 24.3 Å². The van der Waals surface area contributed by atoms with Crippen molar-refractivity contribution in [2.45, 2.75) is 39.2 Å². The van der Waals surface area contributed by atoms with Gasteiger partial charge in [0.05, 0.1) is 7.11 Å². The number of ether oxygens (including phenoxy) is 1. The fourth-order valence-electron chi connectivity index (χ4n) is 4.11. The molecule has 3 rings (SSSR count). The van der Waals surface area contributed by atoms with Gasteiger partial charge in [0.25, 0.3) is 0 Å². The van der Waals surface area contributed by atoms with Gasteiger partial charge in [-0.25, -0.2) is 0 Å². The summed E-state index contributed by atoms with van der Waals surface area (Å²) in [5, 5.41) is 0. The summed E-state index contributed by atoms with van der Waals surface area (Å²) in [6, 6.07) is 8.79. The van der Waals surface area contributed by atoms with E-state index in [0.29, 0.717) is 11.9 Å². The molecule has 2 aliphatic rings. The number of carbonyl (C=O) groups excluding carboxylic acids is 1. The van der Waals surface area contributed by atoms with Crippen LogP contribution in [-0.4, -0.2) is 68.1 Å². The lowest BCUT2D eigenvalue weighted by atomic mass is 9.94. The van der Waals surface area contributed by atoms with Crippen molar-refractivity contribution in [1.82, 2.24) is 9.80 Å². The van der Waals surface area contributed by atoms with Gasteiger partial charge < -0.3 is 14.5 Å². The van der Waals surface area contributed by atoms with E-state index >= 15 is 0 Å². The number of nitrogens with zero attached hydrogens (tertiary/aromatic N) is 3. The van der Waals surface area contributed by atoms with E-state index in [1.165, 1.54) is 5.69 Å². The molecule has 0 unspecified atom stereocenters. The normalized spacial score (nSPS) is 20.3. The summed E-state index contributed by atoms with van der Waals surface area (Å²) < 4.78 is 5.23. The zero-order chi connectivity index (χ0) is 18.5. The van der Waals surface area contributed by atoms with Gasteiger partial charge in [-0.3, -0.25) is 9.69 Å². The van der Waals surface area contributed by atoms with Crippen molar-refractivity contribution in [2.75, 3.05) is 51.3 Å². The van der Waals surface area contributed by atoms with Gasteiger partial charge in [0, 0.05) is 56.9 Å². The predicted molar refractivity (Wildman–Crippen MR) is 106 cm³/mol. The second-order valence-electron chi connectivity index (χ2n) is 7.77. The Hall–Kier alpha value is -1.75. The molecule has 0 atom stereocenters. The Morgan fingerprint density at radius 3 is 2.31 bits per heavy atom. The van der Waals surface area contributed by atoms with Gasteiger partial charge in [0.15, 0.2) is 0 Å². The van der Waals surface area contributed by atoms with E-state index in [4.69, 9.17) is 4.74 Å². The van der Waals surface area contributed by atoms with Crippen LogP contribution in [0.2, 0.25) is 0 Å². The smallest absolute Gasteiger partial charge is 0.225 e. The molecule has 0 spiro atoms. The van der Waals surface area contributed by atoms with Crippen molar-refractivity contribution >= 4 is 11.6 Å². The second-order valence-corrected chi connectivity index (χ2v) is 7.77. The van der Waals surface area contributed by atoms with Crippen molar-refractivity contribution in [3.8, 4) is 5.75 Å². The molecule has 2 aliphatic heterocycles. The lowest BCUT2D eigenvalue weighted by molar-refractivity contribution is -0.136. The first kappa shape index (κ1) is 19.0. The predicted octanol–water partition coefficient (Wildman–Crippen LogP) is 2.85. The van der Waals surface area contributed by atoms with Crippen LogP contribution in [0.25, 0.3) is 0 Å². The fraction of sp³-hybridized carbons (Fsp3) is 0.667. The average Bonchev–Trinajstić information content (AvgIpc) is 2.94. The summed E-state index contributed by atoms with van der Waals surface area (Å²) in [6.07, 6.45) is 3.00. The molecule has 26 heavy (non-hydrogen) atoms. The fourth-order valence-corrected chi connectivity index (χ4v) is 4.11. The van der Waals surface area contributed by atoms with Crippen LogP contribution in [0.1, 0.15) is 33.1 Å². The zero-order valence-electron chi connectivity index (χ0n) is 16.5. The number of benzene rings is 1. The Morgan fingerprint density at radius 1 is 1.00 bits per heavy atom. The molecule has 0 aromatic heterocycles. The number of hydrogen-bond acceptors (Lipinski definition) is 4. The summed E-state index contributed by atoms with van der Waals surface area (Å²) in [5.74, 6) is 1.45. The maximum absolute atomic E-state index is 13.0. The van der Waals surface area contributed by atoms with Crippen LogP contribution < -0.4 is 9.64 Å². The van der Waals surface area contributed by atoms with E-state index in [1.54, 1.807) is 7.11 Å². The van der Waals surface area contributed by atoms with E-state index < -0.39 is 0 Å². The monoisotopic (exact) mass is 359 g/mol. The Morgan fingerprint density at radius 2 is 1.69 bits per heavy atom. The highest BCUT2D eigenvalue weighted by Gasteiger charge is 2.30. The first-order valence-corrected chi connectivity index (χ1v) is 10.0. The van der Waals surface area contributed by atoms with E-state index in [1.807, 2.05) is 12.1 Å². The lowest BCUT2D eigenvalue weighted by Crippen LogP contribution is -2.44. The molecule has 2 heterocycles. The van der Waals surface area contributed by atoms with Gasteiger partial charge in [-0.2, -0.15) is 0 Å². The molecule has 1 aromatic carbocycles. The molecule has 0 N–H and O–H groups in total. The maximum atomic E-state index is 13.0. The van der Waals surface area contributed by atoms with Crippen LogP contribution in [0, 0.1) is 5.92 Å². The molecule has 2 fully saturated rings. The van der Waals surface area contributed by atoms with Crippen LogP contribution in [0.4, 0.5) is 5.69 Å². The van der Waals surface area contributed by atoms with Gasteiger partial charge in [-0.05, 0) is 57.4 Å². The summed E-state index contributed by atoms with van der Waals surface area (Å²) in [5.41, 5.74) is 1.22. The highest BCUT2D eigenvalue weighted by molar-refractivity contribution is 5.79. The lowest BCUT2D eigenvalue weighted by Gasteiger charge is -2.35. The first-order chi connectivity index (χ1) is 12.6. The van der Waals surface area contributed by atoms with Gasteiger partial charge >= 0.3 is 0 Å². The zero-order valence-corrected chi connectivity index (χ0v) is 16.5. The van der Waals surface area contributed by atoms with Gasteiger partial charge in [0.1, 0.15) is 5.75 Å². The number of amides is 1. The van der Waals surface area contributed by atoms with Crippen LogP contribution in [0.15, 0.2) is 24.3 Å². The number of methoxy groups -OCH3 is 1. The molecular formula is C21H33N3O2. The Labute approximate surface area is 157 Å². The number of anilines is 1. The molecule has 1 amide bonds.